The van der Waals surface area contributed by atoms with Gasteiger partial charge in [0, 0.05) is 27.2 Å². The number of halogens is 1. The van der Waals surface area contributed by atoms with Gasteiger partial charge in [-0.25, -0.2) is 4.79 Å². The molecule has 0 bridgehead atoms. The van der Waals surface area contributed by atoms with Crippen molar-refractivity contribution in [1.82, 2.24) is 25.2 Å². The topological polar surface area (TPSA) is 109 Å². The van der Waals surface area contributed by atoms with Crippen molar-refractivity contribution >= 4 is 29.5 Å². The highest BCUT2D eigenvalue weighted by Crippen LogP contribution is 2.05. The molecule has 1 rings (SSSR count). The molecule has 0 unspecified atom stereocenters. The molecular formula is C8H14ClN7O. The Hall–Kier alpha value is -1.83. The number of amides is 2. The number of carbonyl (C=O) groups excluding carboxylic acids is 1. The maximum atomic E-state index is 11.2. The Labute approximate surface area is 104 Å². The summed E-state index contributed by atoms with van der Waals surface area (Å²) in [7, 11) is 3.32. The van der Waals surface area contributed by atoms with E-state index in [9.17, 15) is 4.79 Å². The molecule has 2 amide bonds. The van der Waals surface area contributed by atoms with Crippen molar-refractivity contribution < 1.29 is 4.79 Å². The van der Waals surface area contributed by atoms with Gasteiger partial charge in [-0.05, 0) is 11.6 Å². The summed E-state index contributed by atoms with van der Waals surface area (Å²) in [5.41, 5.74) is 5.39. The summed E-state index contributed by atoms with van der Waals surface area (Å²) < 4.78 is 0. The van der Waals surface area contributed by atoms with Crippen LogP contribution < -0.4 is 16.4 Å². The van der Waals surface area contributed by atoms with Crippen LogP contribution >= 0.6 is 11.6 Å². The van der Waals surface area contributed by atoms with E-state index >= 15 is 0 Å². The number of hydrogen-bond donors (Lipinski definition) is 3. The summed E-state index contributed by atoms with van der Waals surface area (Å²) in [6, 6.07) is -0.167. The molecule has 0 saturated heterocycles. The van der Waals surface area contributed by atoms with Gasteiger partial charge < -0.3 is 21.3 Å². The number of aromatic nitrogens is 3. The molecule has 0 aliphatic heterocycles. The van der Waals surface area contributed by atoms with Crippen molar-refractivity contribution in [2.75, 3.05) is 38.2 Å². The highest BCUT2D eigenvalue weighted by atomic mass is 35.5. The highest BCUT2D eigenvalue weighted by molar-refractivity contribution is 6.28. The first-order chi connectivity index (χ1) is 7.99. The maximum absolute atomic E-state index is 11.2. The van der Waals surface area contributed by atoms with Crippen molar-refractivity contribution in [3.05, 3.63) is 5.28 Å². The van der Waals surface area contributed by atoms with Gasteiger partial charge in [0.25, 0.3) is 0 Å². The zero-order chi connectivity index (χ0) is 12.8. The molecule has 0 atom stereocenters. The molecule has 0 fully saturated rings. The number of nitrogens with two attached hydrogens (primary N) is 1. The van der Waals surface area contributed by atoms with E-state index in [1.165, 1.54) is 4.90 Å². The summed E-state index contributed by atoms with van der Waals surface area (Å²) in [5, 5.41) is 5.56. The summed E-state index contributed by atoms with van der Waals surface area (Å²) in [6.45, 7) is 0.888. The van der Waals surface area contributed by atoms with Crippen LogP contribution in [0.5, 0.6) is 0 Å². The molecule has 1 aromatic heterocycles. The van der Waals surface area contributed by atoms with Crippen LogP contribution in [0, 0.1) is 0 Å². The second-order valence-electron chi connectivity index (χ2n) is 3.34. The lowest BCUT2D eigenvalue weighted by molar-refractivity contribution is 0.218. The third kappa shape index (κ3) is 4.68. The van der Waals surface area contributed by atoms with E-state index in [1.54, 1.807) is 14.1 Å². The quantitative estimate of drug-likeness (QED) is 0.646. The Morgan fingerprint density at radius 3 is 2.65 bits per heavy atom. The van der Waals surface area contributed by atoms with E-state index in [4.69, 9.17) is 17.3 Å². The predicted octanol–water partition coefficient (Wildman–Crippen LogP) is -0.210. The summed E-state index contributed by atoms with van der Waals surface area (Å²) in [4.78, 5) is 23.9. The minimum absolute atomic E-state index is 0.0253. The number of hydrogen-bond acceptors (Lipinski definition) is 6. The predicted molar refractivity (Wildman–Crippen MR) is 64.8 cm³/mol. The Morgan fingerprint density at radius 1 is 1.35 bits per heavy atom. The molecule has 9 heteroatoms. The van der Waals surface area contributed by atoms with Gasteiger partial charge in [-0.3, -0.25) is 0 Å². The average molecular weight is 260 g/mol. The lowest BCUT2D eigenvalue weighted by Gasteiger charge is -2.12. The molecule has 17 heavy (non-hydrogen) atoms. The number of rotatable bonds is 4. The Bertz CT molecular complexity index is 377. The van der Waals surface area contributed by atoms with Gasteiger partial charge >= 0.3 is 6.03 Å². The van der Waals surface area contributed by atoms with Crippen LogP contribution in [0.1, 0.15) is 0 Å². The Morgan fingerprint density at radius 2 is 2.06 bits per heavy atom. The molecule has 0 aliphatic rings. The Balaban J connectivity index is 2.33. The molecule has 1 aromatic rings. The van der Waals surface area contributed by atoms with E-state index < -0.39 is 0 Å². The van der Waals surface area contributed by atoms with Crippen LogP contribution in [-0.2, 0) is 0 Å². The molecular weight excluding hydrogens is 246 g/mol. The second kappa shape index (κ2) is 6.04. The molecule has 8 nitrogen and oxygen atoms in total. The number of anilines is 2. The van der Waals surface area contributed by atoms with Crippen molar-refractivity contribution in [3.8, 4) is 0 Å². The van der Waals surface area contributed by atoms with Gasteiger partial charge in [0.05, 0.1) is 0 Å². The van der Waals surface area contributed by atoms with Crippen molar-refractivity contribution in [2.45, 2.75) is 0 Å². The summed E-state index contributed by atoms with van der Waals surface area (Å²) >= 11 is 5.60. The van der Waals surface area contributed by atoms with Gasteiger partial charge in [-0.1, -0.05) is 0 Å². The number of carbonyl (C=O) groups is 1. The fourth-order valence-electron chi connectivity index (χ4n) is 0.946. The number of nitrogens with one attached hydrogen (secondary N) is 2. The van der Waals surface area contributed by atoms with Crippen LogP contribution in [0.4, 0.5) is 16.7 Å². The first-order valence-corrected chi connectivity index (χ1v) is 5.23. The van der Waals surface area contributed by atoms with Crippen molar-refractivity contribution in [1.29, 1.82) is 0 Å². The van der Waals surface area contributed by atoms with E-state index in [1.807, 2.05) is 0 Å². The van der Waals surface area contributed by atoms with E-state index in [2.05, 4.69) is 25.6 Å². The second-order valence-corrected chi connectivity index (χ2v) is 3.68. The number of urea groups is 1. The average Bonchev–Trinajstić information content (AvgIpc) is 2.22. The van der Waals surface area contributed by atoms with Gasteiger partial charge in [0.1, 0.15) is 0 Å². The molecule has 0 aromatic carbocycles. The highest BCUT2D eigenvalue weighted by Gasteiger charge is 2.03. The third-order valence-electron chi connectivity index (χ3n) is 1.72. The SMILES string of the molecule is CN(C)C(=O)NCCNc1nc(N)nc(Cl)n1. The molecule has 94 valence electrons. The fourth-order valence-corrected chi connectivity index (χ4v) is 1.11. The molecule has 1 heterocycles. The fraction of sp³-hybridized carbons (Fsp3) is 0.500. The standard InChI is InChI=1S/C8H14ClN7O/c1-16(2)8(17)12-4-3-11-7-14-5(9)13-6(10)15-7/h3-4H2,1-2H3,(H,12,17)(H3,10,11,13,14,15). The summed E-state index contributed by atoms with van der Waals surface area (Å²) in [5.74, 6) is 0.325. The van der Waals surface area contributed by atoms with Crippen LogP contribution in [0.3, 0.4) is 0 Å². The third-order valence-corrected chi connectivity index (χ3v) is 1.88. The normalized spacial score (nSPS) is 9.82. The van der Waals surface area contributed by atoms with E-state index in [-0.39, 0.29) is 23.2 Å². The number of nitrogen functional groups attached to an aromatic ring is 1. The zero-order valence-corrected chi connectivity index (χ0v) is 10.3. The largest absolute Gasteiger partial charge is 0.368 e. The minimum atomic E-state index is -0.167. The van der Waals surface area contributed by atoms with Gasteiger partial charge in [0.15, 0.2) is 0 Å². The molecule has 0 saturated carbocycles. The lowest BCUT2D eigenvalue weighted by Crippen LogP contribution is -2.37. The van der Waals surface area contributed by atoms with Crippen LogP contribution in [0.15, 0.2) is 0 Å². The minimum Gasteiger partial charge on any atom is -0.368 e. The monoisotopic (exact) mass is 259 g/mol. The van der Waals surface area contributed by atoms with Crippen LogP contribution in [0.25, 0.3) is 0 Å². The maximum Gasteiger partial charge on any atom is 0.316 e. The van der Waals surface area contributed by atoms with Crippen molar-refractivity contribution in [3.63, 3.8) is 0 Å². The Kier molecular flexibility index (Phi) is 4.70. The summed E-state index contributed by atoms with van der Waals surface area (Å²) in [6.07, 6.45) is 0. The first kappa shape index (κ1) is 13.2. The van der Waals surface area contributed by atoms with Crippen LogP contribution in [0.2, 0.25) is 5.28 Å². The van der Waals surface area contributed by atoms with E-state index in [0.717, 1.165) is 0 Å². The van der Waals surface area contributed by atoms with Crippen LogP contribution in [-0.4, -0.2) is 53.1 Å². The molecule has 0 radical (unpaired) electrons. The molecule has 0 spiro atoms. The zero-order valence-electron chi connectivity index (χ0n) is 9.57. The first-order valence-electron chi connectivity index (χ1n) is 4.85. The smallest absolute Gasteiger partial charge is 0.316 e. The van der Waals surface area contributed by atoms with E-state index in [0.29, 0.717) is 13.1 Å². The molecule has 0 aliphatic carbocycles. The van der Waals surface area contributed by atoms with Crippen molar-refractivity contribution in [2.24, 2.45) is 0 Å². The van der Waals surface area contributed by atoms with Gasteiger partial charge in [-0.15, -0.1) is 0 Å². The van der Waals surface area contributed by atoms with Gasteiger partial charge in [0.2, 0.25) is 17.2 Å². The lowest BCUT2D eigenvalue weighted by atomic mass is 10.6. The van der Waals surface area contributed by atoms with Gasteiger partial charge in [-0.2, -0.15) is 15.0 Å². The molecule has 4 N–H and O–H groups in total. The number of nitrogens with zero attached hydrogens (tertiary/aromatic N) is 4.